The molecule has 1 aromatic carbocycles. The number of cyclic esters (lactones) is 1. The van der Waals surface area contributed by atoms with Gasteiger partial charge in [-0.2, -0.15) is 0 Å². The number of benzene rings is 1. The number of pyridine rings is 1. The molecule has 1 N–H and O–H groups in total. The molecule has 1 aromatic heterocycles. The van der Waals surface area contributed by atoms with Gasteiger partial charge in [0.2, 0.25) is 11.7 Å². The number of rotatable bonds is 2. The first kappa shape index (κ1) is 12.4. The Hall–Kier alpha value is -2.63. The molecule has 0 amide bonds. The lowest BCUT2D eigenvalue weighted by Gasteiger charge is -2.09. The van der Waals surface area contributed by atoms with E-state index in [2.05, 4.69) is 4.98 Å². The number of aromatic nitrogens is 1. The van der Waals surface area contributed by atoms with Crippen molar-refractivity contribution >= 4 is 22.8 Å². The van der Waals surface area contributed by atoms with Crippen LogP contribution in [0.1, 0.15) is 16.8 Å². The first-order valence-electron chi connectivity index (χ1n) is 6.15. The van der Waals surface area contributed by atoms with Crippen molar-refractivity contribution in [2.75, 3.05) is 6.61 Å². The van der Waals surface area contributed by atoms with E-state index in [9.17, 15) is 14.4 Å². The summed E-state index contributed by atoms with van der Waals surface area (Å²) in [5.74, 6) is -1.25. The first-order valence-corrected chi connectivity index (χ1v) is 6.15. The Morgan fingerprint density at radius 3 is 2.85 bits per heavy atom. The first-order chi connectivity index (χ1) is 9.65. The number of carbonyl (C=O) groups is 2. The molecule has 0 bridgehead atoms. The number of ether oxygens (including phenoxy) is 2. The van der Waals surface area contributed by atoms with E-state index in [-0.39, 0.29) is 12.2 Å². The standard InChI is InChI=1S/C14H11NO5/c16-12-7-9(8-3-1-2-4-10(8)15-12)13(17)20-11-5-6-19-14(11)18/h1-4,7,11H,5-6H2,(H,15,16)/t11-/m1/s1. The van der Waals surface area contributed by atoms with Crippen LogP contribution in [0, 0.1) is 0 Å². The lowest BCUT2D eigenvalue weighted by Crippen LogP contribution is -2.23. The number of nitrogens with one attached hydrogen (secondary N) is 1. The second-order valence-corrected chi connectivity index (χ2v) is 4.44. The minimum atomic E-state index is -0.888. The van der Waals surface area contributed by atoms with Crippen molar-refractivity contribution in [2.24, 2.45) is 0 Å². The highest BCUT2D eigenvalue weighted by Gasteiger charge is 2.31. The van der Waals surface area contributed by atoms with Crippen LogP contribution in [0.25, 0.3) is 10.9 Å². The van der Waals surface area contributed by atoms with Crippen LogP contribution < -0.4 is 5.56 Å². The minimum Gasteiger partial charge on any atom is -0.463 e. The van der Waals surface area contributed by atoms with Gasteiger partial charge in [0.25, 0.3) is 0 Å². The number of H-pyrrole nitrogens is 1. The third kappa shape index (κ3) is 2.16. The van der Waals surface area contributed by atoms with Gasteiger partial charge in [-0.3, -0.25) is 4.79 Å². The zero-order valence-corrected chi connectivity index (χ0v) is 10.4. The normalized spacial score (nSPS) is 18.0. The number of para-hydroxylation sites is 1. The van der Waals surface area contributed by atoms with Crippen molar-refractivity contribution in [3.8, 4) is 0 Å². The lowest BCUT2D eigenvalue weighted by atomic mass is 10.1. The number of hydrogen-bond donors (Lipinski definition) is 1. The monoisotopic (exact) mass is 273 g/mol. The Morgan fingerprint density at radius 1 is 1.30 bits per heavy atom. The average molecular weight is 273 g/mol. The molecule has 0 radical (unpaired) electrons. The Kier molecular flexibility index (Phi) is 2.98. The maximum Gasteiger partial charge on any atom is 0.347 e. The second-order valence-electron chi connectivity index (χ2n) is 4.44. The molecule has 1 atom stereocenters. The van der Waals surface area contributed by atoms with Crippen LogP contribution in [0.15, 0.2) is 35.1 Å². The van der Waals surface area contributed by atoms with E-state index < -0.39 is 23.6 Å². The third-order valence-corrected chi connectivity index (χ3v) is 3.11. The summed E-state index contributed by atoms with van der Waals surface area (Å²) in [5, 5.41) is 0.573. The van der Waals surface area contributed by atoms with Gasteiger partial charge in [0.1, 0.15) is 0 Å². The zero-order valence-electron chi connectivity index (χ0n) is 10.4. The molecule has 20 heavy (non-hydrogen) atoms. The average Bonchev–Trinajstić information content (AvgIpc) is 2.83. The molecule has 102 valence electrons. The SMILES string of the molecule is O=C(O[C@@H]1CCOC1=O)c1cc(=O)[nH]c2ccccc12. The molecule has 2 heterocycles. The maximum absolute atomic E-state index is 12.1. The summed E-state index contributed by atoms with van der Waals surface area (Å²) in [6, 6.07) is 8.07. The van der Waals surface area contributed by atoms with Gasteiger partial charge in [-0.25, -0.2) is 9.59 Å². The fourth-order valence-electron chi connectivity index (χ4n) is 2.15. The topological polar surface area (TPSA) is 85.5 Å². The molecule has 3 rings (SSSR count). The second kappa shape index (κ2) is 4.80. The van der Waals surface area contributed by atoms with Crippen LogP contribution in [-0.4, -0.2) is 29.6 Å². The largest absolute Gasteiger partial charge is 0.463 e. The van der Waals surface area contributed by atoms with Gasteiger partial charge in [0, 0.05) is 23.4 Å². The Balaban J connectivity index is 1.99. The summed E-state index contributed by atoms with van der Waals surface area (Å²) in [4.78, 5) is 37.6. The van der Waals surface area contributed by atoms with Gasteiger partial charge in [0.15, 0.2) is 0 Å². The van der Waals surface area contributed by atoms with E-state index >= 15 is 0 Å². The maximum atomic E-state index is 12.1. The molecule has 6 heteroatoms. The van der Waals surface area contributed by atoms with E-state index in [1.54, 1.807) is 24.3 Å². The number of aromatic amines is 1. The summed E-state index contributed by atoms with van der Waals surface area (Å²) in [6.45, 7) is 0.243. The molecule has 1 aliphatic heterocycles. The lowest BCUT2D eigenvalue weighted by molar-refractivity contribution is -0.145. The van der Waals surface area contributed by atoms with Crippen molar-refractivity contribution in [1.82, 2.24) is 4.98 Å². The molecule has 0 saturated carbocycles. The Morgan fingerprint density at radius 2 is 2.10 bits per heavy atom. The molecular formula is C14H11NO5. The van der Waals surface area contributed by atoms with E-state index in [4.69, 9.17) is 9.47 Å². The van der Waals surface area contributed by atoms with Crippen LogP contribution in [-0.2, 0) is 14.3 Å². The summed E-state index contributed by atoms with van der Waals surface area (Å²) >= 11 is 0. The van der Waals surface area contributed by atoms with E-state index in [1.165, 1.54) is 6.07 Å². The number of carbonyl (C=O) groups excluding carboxylic acids is 2. The molecule has 0 aliphatic carbocycles. The molecule has 6 nitrogen and oxygen atoms in total. The van der Waals surface area contributed by atoms with E-state index in [0.717, 1.165) is 0 Å². The highest BCUT2D eigenvalue weighted by Crippen LogP contribution is 2.18. The quantitative estimate of drug-likeness (QED) is 0.825. The fourth-order valence-corrected chi connectivity index (χ4v) is 2.15. The van der Waals surface area contributed by atoms with Crippen molar-refractivity contribution in [3.63, 3.8) is 0 Å². The smallest absolute Gasteiger partial charge is 0.347 e. The predicted octanol–water partition coefficient (Wildman–Crippen LogP) is 1.00. The van der Waals surface area contributed by atoms with E-state index in [0.29, 0.717) is 17.3 Å². The molecule has 1 fully saturated rings. The van der Waals surface area contributed by atoms with Gasteiger partial charge in [-0.1, -0.05) is 18.2 Å². The summed E-state index contributed by atoms with van der Waals surface area (Å²) < 4.78 is 9.84. The summed E-state index contributed by atoms with van der Waals surface area (Å²) in [7, 11) is 0. The summed E-state index contributed by atoms with van der Waals surface area (Å²) in [6.07, 6.45) is -0.549. The highest BCUT2D eigenvalue weighted by atomic mass is 16.6. The fraction of sp³-hybridized carbons (Fsp3) is 0.214. The number of fused-ring (bicyclic) bond motifs is 1. The third-order valence-electron chi connectivity index (χ3n) is 3.11. The van der Waals surface area contributed by atoms with Crippen molar-refractivity contribution in [1.29, 1.82) is 0 Å². The van der Waals surface area contributed by atoms with Crippen molar-refractivity contribution in [3.05, 3.63) is 46.2 Å². The van der Waals surface area contributed by atoms with E-state index in [1.807, 2.05) is 0 Å². The predicted molar refractivity (Wildman–Crippen MR) is 69.3 cm³/mol. The molecule has 0 unspecified atom stereocenters. The van der Waals surface area contributed by atoms with Crippen LogP contribution in [0.4, 0.5) is 0 Å². The molecule has 1 saturated heterocycles. The van der Waals surface area contributed by atoms with Crippen molar-refractivity contribution < 1.29 is 19.1 Å². The number of hydrogen-bond acceptors (Lipinski definition) is 5. The van der Waals surface area contributed by atoms with Crippen LogP contribution in [0.2, 0.25) is 0 Å². The summed E-state index contributed by atoms with van der Waals surface area (Å²) in [5.41, 5.74) is 0.287. The molecule has 0 spiro atoms. The zero-order chi connectivity index (χ0) is 14.1. The van der Waals surface area contributed by atoms with Gasteiger partial charge >= 0.3 is 11.9 Å². The molecular weight excluding hydrogens is 262 g/mol. The van der Waals surface area contributed by atoms with Gasteiger partial charge < -0.3 is 14.5 Å². The Labute approximate surface area is 113 Å². The molecule has 1 aliphatic rings. The van der Waals surface area contributed by atoms with Crippen LogP contribution in [0.5, 0.6) is 0 Å². The molecule has 2 aromatic rings. The van der Waals surface area contributed by atoms with Gasteiger partial charge in [-0.05, 0) is 6.07 Å². The van der Waals surface area contributed by atoms with Gasteiger partial charge in [-0.15, -0.1) is 0 Å². The van der Waals surface area contributed by atoms with Crippen LogP contribution in [0.3, 0.4) is 0 Å². The Bertz CT molecular complexity index is 749. The van der Waals surface area contributed by atoms with Gasteiger partial charge in [0.05, 0.1) is 12.2 Å². The van der Waals surface area contributed by atoms with Crippen LogP contribution >= 0.6 is 0 Å². The minimum absolute atomic E-state index is 0.143. The number of esters is 2. The van der Waals surface area contributed by atoms with Crippen molar-refractivity contribution in [2.45, 2.75) is 12.5 Å². The highest BCUT2D eigenvalue weighted by molar-refractivity contribution is 6.03.